The third-order valence-electron chi connectivity index (χ3n) is 2.40. The van der Waals surface area contributed by atoms with E-state index >= 15 is 0 Å². The monoisotopic (exact) mass is 274 g/mol. The number of aromatic nitrogens is 4. The van der Waals surface area contributed by atoms with Crippen LogP contribution < -0.4 is 0 Å². The van der Waals surface area contributed by atoms with Gasteiger partial charge in [0.2, 0.25) is 0 Å². The lowest BCUT2D eigenvalue weighted by atomic mass is 10.1. The highest BCUT2D eigenvalue weighted by Gasteiger charge is 2.06. The van der Waals surface area contributed by atoms with Gasteiger partial charge in [-0.05, 0) is 34.2 Å². The molecule has 0 saturated heterocycles. The van der Waals surface area contributed by atoms with Crippen molar-refractivity contribution in [2.45, 2.75) is 6.42 Å². The summed E-state index contributed by atoms with van der Waals surface area (Å²) in [5, 5.41) is 28.2. The van der Waals surface area contributed by atoms with E-state index in [1.165, 1.54) is 10.8 Å². The van der Waals surface area contributed by atoms with E-state index < -0.39 is 11.9 Å². The largest absolute Gasteiger partial charge is 0.481 e. The van der Waals surface area contributed by atoms with Crippen molar-refractivity contribution in [3.63, 3.8) is 0 Å². The number of hydrogen-bond acceptors (Lipinski definition) is 5. The van der Waals surface area contributed by atoms with E-state index in [4.69, 9.17) is 10.2 Å². The third kappa shape index (κ3) is 3.25. The second-order valence-corrected chi connectivity index (χ2v) is 3.86. The topological polar surface area (TPSA) is 118 Å². The second-order valence-electron chi connectivity index (χ2n) is 3.86. The van der Waals surface area contributed by atoms with Gasteiger partial charge in [-0.1, -0.05) is 12.1 Å². The van der Waals surface area contributed by atoms with E-state index in [1.54, 1.807) is 24.3 Å². The van der Waals surface area contributed by atoms with Gasteiger partial charge >= 0.3 is 11.9 Å². The Morgan fingerprint density at radius 3 is 2.50 bits per heavy atom. The molecule has 1 aromatic heterocycles. The first-order valence-electron chi connectivity index (χ1n) is 5.57. The maximum absolute atomic E-state index is 10.6. The van der Waals surface area contributed by atoms with Crippen molar-refractivity contribution in [1.29, 1.82) is 0 Å². The number of nitrogens with zero attached hydrogens (tertiary/aromatic N) is 4. The van der Waals surface area contributed by atoms with Crippen molar-refractivity contribution in [3.05, 3.63) is 41.7 Å². The van der Waals surface area contributed by atoms with Crippen LogP contribution in [0.1, 0.15) is 11.4 Å². The van der Waals surface area contributed by atoms with Crippen LogP contribution >= 0.6 is 0 Å². The van der Waals surface area contributed by atoms with Gasteiger partial charge in [-0.25, -0.2) is 4.79 Å². The van der Waals surface area contributed by atoms with Gasteiger partial charge in [0, 0.05) is 6.08 Å². The quantitative estimate of drug-likeness (QED) is 0.757. The molecular formula is C12H10N4O4. The summed E-state index contributed by atoms with van der Waals surface area (Å²) >= 11 is 0. The molecule has 0 radical (unpaired) electrons. The summed E-state index contributed by atoms with van der Waals surface area (Å²) in [6.45, 7) is 0. The molecular weight excluding hydrogens is 264 g/mol. The van der Waals surface area contributed by atoms with Crippen LogP contribution in [0.4, 0.5) is 0 Å². The van der Waals surface area contributed by atoms with Crippen LogP contribution in [0.15, 0.2) is 30.3 Å². The standard InChI is InChI=1S/C12H10N4O4/c17-11(18)6-5-10-13-14-15-16(10)9-3-1-8(2-4-9)7-12(19)20/h1-6H,7H2,(H,17,18)(H,19,20)/b6-5+. The summed E-state index contributed by atoms with van der Waals surface area (Å²) in [4.78, 5) is 21.1. The predicted molar refractivity (Wildman–Crippen MR) is 67.2 cm³/mol. The number of hydrogen-bond donors (Lipinski definition) is 2. The molecule has 8 nitrogen and oxygen atoms in total. The molecule has 0 amide bonds. The fourth-order valence-electron chi connectivity index (χ4n) is 1.56. The molecule has 1 heterocycles. The second kappa shape index (κ2) is 5.74. The predicted octanol–water partition coefficient (Wildman–Crippen LogP) is 0.387. The Hall–Kier alpha value is -3.03. The number of aliphatic carboxylic acids is 2. The minimum atomic E-state index is -1.10. The van der Waals surface area contributed by atoms with Crippen LogP contribution in [0.3, 0.4) is 0 Å². The lowest BCUT2D eigenvalue weighted by molar-refractivity contribution is -0.136. The van der Waals surface area contributed by atoms with Crippen molar-refractivity contribution in [1.82, 2.24) is 20.2 Å². The van der Waals surface area contributed by atoms with E-state index in [2.05, 4.69) is 15.5 Å². The highest BCUT2D eigenvalue weighted by molar-refractivity contribution is 5.84. The van der Waals surface area contributed by atoms with E-state index in [-0.39, 0.29) is 12.2 Å². The first-order valence-corrected chi connectivity index (χ1v) is 5.57. The summed E-state index contributed by atoms with van der Waals surface area (Å²) in [5.41, 5.74) is 1.26. The Balaban J connectivity index is 2.26. The fraction of sp³-hybridized carbons (Fsp3) is 0.0833. The normalized spacial score (nSPS) is 10.8. The Kier molecular flexibility index (Phi) is 3.85. The number of carbonyl (C=O) groups is 2. The average molecular weight is 274 g/mol. The van der Waals surface area contributed by atoms with Gasteiger partial charge in [0.25, 0.3) is 0 Å². The zero-order valence-electron chi connectivity index (χ0n) is 10.2. The Labute approximate surface area is 113 Å². The lowest BCUT2D eigenvalue weighted by Gasteiger charge is -2.03. The van der Waals surface area contributed by atoms with Crippen LogP contribution in [-0.2, 0) is 16.0 Å². The molecule has 2 rings (SSSR count). The summed E-state index contributed by atoms with van der Waals surface area (Å²) in [5.74, 6) is -1.75. The smallest absolute Gasteiger partial charge is 0.328 e. The number of rotatable bonds is 5. The summed E-state index contributed by atoms with van der Waals surface area (Å²) < 4.78 is 1.35. The SMILES string of the molecule is O=C(O)/C=C/c1nnnn1-c1ccc(CC(=O)O)cc1. The van der Waals surface area contributed by atoms with E-state index in [0.29, 0.717) is 11.3 Å². The maximum Gasteiger partial charge on any atom is 0.328 e. The van der Waals surface area contributed by atoms with Crippen LogP contribution in [0.2, 0.25) is 0 Å². The molecule has 0 unspecified atom stereocenters. The number of carboxylic acid groups (broad SMARTS) is 2. The highest BCUT2D eigenvalue weighted by atomic mass is 16.4. The Morgan fingerprint density at radius 1 is 1.20 bits per heavy atom. The van der Waals surface area contributed by atoms with Gasteiger partial charge in [-0.3, -0.25) is 4.79 Å². The molecule has 2 N–H and O–H groups in total. The van der Waals surface area contributed by atoms with Crippen molar-refractivity contribution in [2.24, 2.45) is 0 Å². The minimum Gasteiger partial charge on any atom is -0.481 e. The zero-order valence-corrected chi connectivity index (χ0v) is 10.2. The van der Waals surface area contributed by atoms with Crippen molar-refractivity contribution < 1.29 is 19.8 Å². The minimum absolute atomic E-state index is 0.0678. The molecule has 0 aliphatic rings. The van der Waals surface area contributed by atoms with Crippen LogP contribution in [0.5, 0.6) is 0 Å². The van der Waals surface area contributed by atoms with E-state index in [1.807, 2.05) is 0 Å². The van der Waals surface area contributed by atoms with Crippen molar-refractivity contribution in [3.8, 4) is 5.69 Å². The molecule has 0 spiro atoms. The molecule has 102 valence electrons. The molecule has 0 atom stereocenters. The van der Waals surface area contributed by atoms with Crippen LogP contribution in [-0.4, -0.2) is 42.4 Å². The van der Waals surface area contributed by atoms with Gasteiger partial charge in [0.05, 0.1) is 12.1 Å². The highest BCUT2D eigenvalue weighted by Crippen LogP contribution is 2.11. The maximum atomic E-state index is 10.6. The molecule has 0 bridgehead atoms. The molecule has 2 aromatic rings. The number of tetrazole rings is 1. The van der Waals surface area contributed by atoms with Gasteiger partial charge in [0.1, 0.15) is 0 Å². The lowest BCUT2D eigenvalue weighted by Crippen LogP contribution is -2.02. The molecule has 20 heavy (non-hydrogen) atoms. The van der Waals surface area contributed by atoms with E-state index in [0.717, 1.165) is 6.08 Å². The van der Waals surface area contributed by atoms with Crippen molar-refractivity contribution >= 4 is 18.0 Å². The molecule has 0 saturated carbocycles. The average Bonchev–Trinajstić information content (AvgIpc) is 2.85. The fourth-order valence-corrected chi connectivity index (χ4v) is 1.56. The van der Waals surface area contributed by atoms with Gasteiger partial charge < -0.3 is 10.2 Å². The summed E-state index contributed by atoms with van der Waals surface area (Å²) in [6, 6.07) is 6.62. The number of benzene rings is 1. The first kappa shape index (κ1) is 13.4. The van der Waals surface area contributed by atoms with Gasteiger partial charge in [0.15, 0.2) is 5.82 Å². The van der Waals surface area contributed by atoms with Gasteiger partial charge in [-0.15, -0.1) is 5.10 Å². The first-order chi connectivity index (χ1) is 9.56. The molecule has 0 fully saturated rings. The molecule has 1 aromatic carbocycles. The third-order valence-corrected chi connectivity index (χ3v) is 2.40. The van der Waals surface area contributed by atoms with Crippen molar-refractivity contribution in [2.75, 3.05) is 0 Å². The van der Waals surface area contributed by atoms with Crippen LogP contribution in [0.25, 0.3) is 11.8 Å². The Bertz CT molecular complexity index is 660. The molecule has 0 aliphatic heterocycles. The van der Waals surface area contributed by atoms with Crippen LogP contribution in [0, 0.1) is 0 Å². The molecule has 8 heteroatoms. The zero-order chi connectivity index (χ0) is 14.5. The summed E-state index contributed by atoms with van der Waals surface area (Å²) in [7, 11) is 0. The summed E-state index contributed by atoms with van der Waals surface area (Å²) in [6.07, 6.45) is 2.14. The number of carboxylic acids is 2. The van der Waals surface area contributed by atoms with E-state index in [9.17, 15) is 9.59 Å². The molecule has 0 aliphatic carbocycles. The Morgan fingerprint density at radius 2 is 1.90 bits per heavy atom. The van der Waals surface area contributed by atoms with Gasteiger partial charge in [-0.2, -0.15) is 4.68 Å².